The fourth-order valence-electron chi connectivity index (χ4n) is 2.62. The van der Waals surface area contributed by atoms with Gasteiger partial charge in [-0.1, -0.05) is 18.2 Å². The van der Waals surface area contributed by atoms with Gasteiger partial charge >= 0.3 is 0 Å². The van der Waals surface area contributed by atoms with Gasteiger partial charge < -0.3 is 4.74 Å². The van der Waals surface area contributed by atoms with Gasteiger partial charge in [0.15, 0.2) is 0 Å². The summed E-state index contributed by atoms with van der Waals surface area (Å²) in [5.41, 5.74) is 4.63. The Morgan fingerprint density at radius 2 is 1.54 bits per heavy atom. The van der Waals surface area contributed by atoms with E-state index in [1.807, 2.05) is 0 Å². The topological polar surface area (TPSA) is 105 Å². The van der Waals surface area contributed by atoms with Crippen LogP contribution >= 0.6 is 0 Å². The maximum absolute atomic E-state index is 14.2. The lowest BCUT2D eigenvalue weighted by molar-refractivity contribution is 0.0729. The second-order valence-corrected chi connectivity index (χ2v) is 7.84. The molecule has 2 aromatic carbocycles. The molecule has 1 aliphatic rings. The molecular formula is C18H18FN3O5S. The van der Waals surface area contributed by atoms with Crippen LogP contribution < -0.4 is 10.9 Å². The van der Waals surface area contributed by atoms with Gasteiger partial charge in [0.1, 0.15) is 10.7 Å². The second kappa shape index (κ2) is 8.46. The Kier molecular flexibility index (Phi) is 6.02. The number of nitrogens with one attached hydrogen (secondary N) is 2. The minimum atomic E-state index is -4.11. The summed E-state index contributed by atoms with van der Waals surface area (Å²) in [5, 5.41) is 0. The fourth-order valence-corrected chi connectivity index (χ4v) is 4.11. The molecule has 2 aromatic rings. The van der Waals surface area contributed by atoms with E-state index in [2.05, 4.69) is 10.9 Å². The number of hydrazine groups is 1. The van der Waals surface area contributed by atoms with Crippen molar-refractivity contribution >= 4 is 21.8 Å². The number of halogens is 1. The van der Waals surface area contributed by atoms with E-state index in [9.17, 15) is 22.4 Å². The number of rotatable bonds is 4. The molecule has 0 aliphatic carbocycles. The van der Waals surface area contributed by atoms with Crippen molar-refractivity contribution in [2.75, 3.05) is 26.3 Å². The van der Waals surface area contributed by atoms with E-state index >= 15 is 0 Å². The first-order valence-corrected chi connectivity index (χ1v) is 9.87. The minimum absolute atomic E-state index is 0.103. The molecule has 28 heavy (non-hydrogen) atoms. The van der Waals surface area contributed by atoms with Gasteiger partial charge in [0.25, 0.3) is 11.8 Å². The molecule has 10 heteroatoms. The van der Waals surface area contributed by atoms with Crippen molar-refractivity contribution in [3.05, 3.63) is 65.5 Å². The normalized spacial score (nSPS) is 15.0. The maximum Gasteiger partial charge on any atom is 0.269 e. The van der Waals surface area contributed by atoms with E-state index in [4.69, 9.17) is 4.74 Å². The third-order valence-corrected chi connectivity index (χ3v) is 6.02. The Bertz CT molecular complexity index is 976. The van der Waals surface area contributed by atoms with E-state index in [0.29, 0.717) is 5.56 Å². The van der Waals surface area contributed by atoms with Gasteiger partial charge in [-0.2, -0.15) is 4.31 Å². The summed E-state index contributed by atoms with van der Waals surface area (Å²) in [5.74, 6) is -2.28. The predicted molar refractivity (Wildman–Crippen MR) is 97.4 cm³/mol. The van der Waals surface area contributed by atoms with Crippen LogP contribution in [0.15, 0.2) is 53.4 Å². The van der Waals surface area contributed by atoms with E-state index in [0.717, 1.165) is 22.5 Å². The number of sulfonamides is 1. The van der Waals surface area contributed by atoms with Gasteiger partial charge in [-0.3, -0.25) is 20.4 Å². The highest BCUT2D eigenvalue weighted by Crippen LogP contribution is 2.21. The zero-order chi connectivity index (χ0) is 20.1. The molecule has 0 bridgehead atoms. The molecule has 3 rings (SSSR count). The predicted octanol–water partition coefficient (Wildman–Crippen LogP) is 0.921. The monoisotopic (exact) mass is 407 g/mol. The molecule has 2 N–H and O–H groups in total. The molecular weight excluding hydrogens is 389 g/mol. The van der Waals surface area contributed by atoms with Crippen LogP contribution in [0.1, 0.15) is 20.7 Å². The number of carbonyl (C=O) groups is 2. The van der Waals surface area contributed by atoms with Crippen LogP contribution in [-0.4, -0.2) is 50.8 Å². The van der Waals surface area contributed by atoms with Crippen LogP contribution in [0, 0.1) is 5.82 Å². The van der Waals surface area contributed by atoms with Crippen LogP contribution in [-0.2, 0) is 14.8 Å². The summed E-state index contributed by atoms with van der Waals surface area (Å²) in [6.45, 7) is 0.635. The Labute approximate surface area is 161 Å². The number of carbonyl (C=O) groups excluding carboxylic acids is 2. The third-order valence-electron chi connectivity index (χ3n) is 4.11. The van der Waals surface area contributed by atoms with Crippen molar-refractivity contribution in [2.24, 2.45) is 0 Å². The molecule has 1 fully saturated rings. The first-order chi connectivity index (χ1) is 13.4. The lowest BCUT2D eigenvalue weighted by atomic mass is 10.2. The molecule has 0 aromatic heterocycles. The number of benzene rings is 2. The van der Waals surface area contributed by atoms with Gasteiger partial charge in [-0.15, -0.1) is 0 Å². The Morgan fingerprint density at radius 3 is 2.18 bits per heavy atom. The number of hydrogen-bond donors (Lipinski definition) is 2. The summed E-state index contributed by atoms with van der Waals surface area (Å²) in [4.78, 5) is 23.6. The van der Waals surface area contributed by atoms with Gasteiger partial charge in [-0.25, -0.2) is 12.8 Å². The highest BCUT2D eigenvalue weighted by Gasteiger charge is 2.29. The van der Waals surface area contributed by atoms with E-state index in [1.165, 1.54) is 0 Å². The molecule has 1 aliphatic heterocycles. The lowest BCUT2D eigenvalue weighted by Crippen LogP contribution is -2.42. The number of morpholine rings is 1. The second-order valence-electron chi connectivity index (χ2n) is 5.94. The molecule has 0 atom stereocenters. The van der Waals surface area contributed by atoms with Crippen LogP contribution in [0.3, 0.4) is 0 Å². The summed E-state index contributed by atoms with van der Waals surface area (Å²) in [6, 6.07) is 11.2. The van der Waals surface area contributed by atoms with Crippen molar-refractivity contribution in [3.63, 3.8) is 0 Å². The first-order valence-electron chi connectivity index (χ1n) is 8.43. The molecule has 1 saturated heterocycles. The van der Waals surface area contributed by atoms with E-state index in [1.54, 1.807) is 30.3 Å². The molecule has 0 spiro atoms. The largest absolute Gasteiger partial charge is 0.379 e. The van der Waals surface area contributed by atoms with Gasteiger partial charge in [0.2, 0.25) is 10.0 Å². The highest BCUT2D eigenvalue weighted by atomic mass is 32.2. The number of hydrogen-bond acceptors (Lipinski definition) is 5. The Balaban J connectivity index is 1.75. The highest BCUT2D eigenvalue weighted by molar-refractivity contribution is 7.89. The van der Waals surface area contributed by atoms with Gasteiger partial charge in [-0.05, 0) is 30.3 Å². The van der Waals surface area contributed by atoms with Crippen LogP contribution in [0.5, 0.6) is 0 Å². The smallest absolute Gasteiger partial charge is 0.269 e. The third kappa shape index (κ3) is 4.35. The Morgan fingerprint density at radius 1 is 0.929 bits per heavy atom. The molecule has 1 heterocycles. The average Bonchev–Trinajstić information content (AvgIpc) is 2.73. The van der Waals surface area contributed by atoms with Crippen molar-refractivity contribution < 1.29 is 27.1 Å². The first kappa shape index (κ1) is 19.9. The fraction of sp³-hybridized carbons (Fsp3) is 0.222. The van der Waals surface area contributed by atoms with Gasteiger partial charge in [0, 0.05) is 24.2 Å². The molecule has 8 nitrogen and oxygen atoms in total. The molecule has 0 radical (unpaired) electrons. The van der Waals surface area contributed by atoms with Crippen LogP contribution in [0.4, 0.5) is 4.39 Å². The SMILES string of the molecule is O=C(NNC(=O)c1ccc(F)c(S(=O)(=O)N2CCOCC2)c1)c1ccccc1. The summed E-state index contributed by atoms with van der Waals surface area (Å²) in [7, 11) is -4.11. The number of amides is 2. The zero-order valence-electron chi connectivity index (χ0n) is 14.7. The minimum Gasteiger partial charge on any atom is -0.379 e. The quantitative estimate of drug-likeness (QED) is 0.734. The number of ether oxygens (including phenoxy) is 1. The number of nitrogens with zero attached hydrogens (tertiary/aromatic N) is 1. The summed E-state index contributed by atoms with van der Waals surface area (Å²) >= 11 is 0. The average molecular weight is 407 g/mol. The van der Waals surface area contributed by atoms with Crippen molar-refractivity contribution in [3.8, 4) is 0 Å². The van der Waals surface area contributed by atoms with Crippen molar-refractivity contribution in [2.45, 2.75) is 4.90 Å². The Hall–Kier alpha value is -2.82. The maximum atomic E-state index is 14.2. The molecule has 2 amide bonds. The lowest BCUT2D eigenvalue weighted by Gasteiger charge is -2.26. The van der Waals surface area contributed by atoms with E-state index < -0.39 is 32.6 Å². The van der Waals surface area contributed by atoms with Crippen molar-refractivity contribution in [1.29, 1.82) is 0 Å². The van der Waals surface area contributed by atoms with Crippen LogP contribution in [0.2, 0.25) is 0 Å². The van der Waals surface area contributed by atoms with Crippen molar-refractivity contribution in [1.82, 2.24) is 15.2 Å². The molecule has 0 unspecified atom stereocenters. The van der Waals surface area contributed by atoms with Gasteiger partial charge in [0.05, 0.1) is 13.2 Å². The zero-order valence-corrected chi connectivity index (χ0v) is 15.5. The standard InChI is InChI=1S/C18H18FN3O5S/c19-15-7-6-14(12-16(15)28(25,26)22-8-10-27-11-9-22)18(24)21-20-17(23)13-4-2-1-3-5-13/h1-7,12H,8-11H2,(H,20,23)(H,21,24). The molecule has 0 saturated carbocycles. The molecule has 148 valence electrons. The summed E-state index contributed by atoms with van der Waals surface area (Å²) in [6.07, 6.45) is 0. The van der Waals surface area contributed by atoms with Crippen LogP contribution in [0.25, 0.3) is 0 Å². The van der Waals surface area contributed by atoms with E-state index in [-0.39, 0.29) is 31.9 Å². The summed E-state index contributed by atoms with van der Waals surface area (Å²) < 4.78 is 45.7.